The molecule has 4 aromatic rings. The van der Waals surface area contributed by atoms with Crippen molar-refractivity contribution in [2.24, 2.45) is 0 Å². The first kappa shape index (κ1) is 24.3. The Kier molecular flexibility index (Phi) is 6.63. The molecule has 2 aliphatic rings. The molecule has 0 radical (unpaired) electrons. The van der Waals surface area contributed by atoms with Crippen LogP contribution in [0.25, 0.3) is 10.9 Å². The van der Waals surface area contributed by atoms with Crippen molar-refractivity contribution in [2.75, 3.05) is 72.5 Å². The molecule has 6 rings (SSSR count). The van der Waals surface area contributed by atoms with Gasteiger partial charge in [-0.15, -0.1) is 0 Å². The van der Waals surface area contributed by atoms with Gasteiger partial charge in [0.25, 0.3) is 0 Å². The van der Waals surface area contributed by atoms with E-state index in [4.69, 9.17) is 9.72 Å². The number of hydrogen-bond donors (Lipinski definition) is 1. The smallest absolute Gasteiger partial charge is 0.137 e. The summed E-state index contributed by atoms with van der Waals surface area (Å²) in [6.07, 6.45) is 7.16. The van der Waals surface area contributed by atoms with E-state index in [1.165, 1.54) is 6.07 Å². The van der Waals surface area contributed by atoms with Gasteiger partial charge in [-0.25, -0.2) is 13.8 Å². The van der Waals surface area contributed by atoms with Crippen LogP contribution in [0.15, 0.2) is 55.1 Å². The maximum Gasteiger partial charge on any atom is 0.137 e. The summed E-state index contributed by atoms with van der Waals surface area (Å²) in [5, 5.41) is 3.66. The van der Waals surface area contributed by atoms with Crippen LogP contribution in [0.2, 0.25) is 0 Å². The summed E-state index contributed by atoms with van der Waals surface area (Å²) in [7, 11) is 0. The first-order chi connectivity index (χ1) is 18.6. The number of morpholine rings is 1. The van der Waals surface area contributed by atoms with Gasteiger partial charge < -0.3 is 24.8 Å². The predicted molar refractivity (Wildman–Crippen MR) is 146 cm³/mol. The van der Waals surface area contributed by atoms with Gasteiger partial charge in [-0.1, -0.05) is 0 Å². The van der Waals surface area contributed by atoms with E-state index < -0.39 is 11.6 Å². The zero-order chi connectivity index (χ0) is 26.1. The fourth-order valence-corrected chi connectivity index (χ4v) is 5.21. The highest BCUT2D eigenvalue weighted by Gasteiger charge is 2.24. The topological polar surface area (TPSA) is 69.7 Å². The van der Waals surface area contributed by atoms with Gasteiger partial charge in [0, 0.05) is 63.2 Å². The Labute approximate surface area is 219 Å². The van der Waals surface area contributed by atoms with Crippen LogP contribution in [0.5, 0.6) is 0 Å². The molecule has 38 heavy (non-hydrogen) atoms. The lowest BCUT2D eigenvalue weighted by molar-refractivity contribution is 0.122. The van der Waals surface area contributed by atoms with Gasteiger partial charge in [0.15, 0.2) is 0 Å². The SMILES string of the molecule is Cc1c(N2CCN(c3cccnc3)CC2)nc2cc(F)cc(F)c2c1Nc1cncc(N2CCOCC2)c1. The maximum absolute atomic E-state index is 15.2. The average molecular weight is 518 g/mol. The fraction of sp³-hybridized carbons (Fsp3) is 0.321. The first-order valence-corrected chi connectivity index (χ1v) is 12.8. The van der Waals surface area contributed by atoms with Gasteiger partial charge in [0.2, 0.25) is 0 Å². The number of hydrogen-bond acceptors (Lipinski definition) is 8. The normalized spacial score (nSPS) is 16.2. The quantitative estimate of drug-likeness (QED) is 0.415. The second-order valence-corrected chi connectivity index (χ2v) is 9.56. The molecule has 0 unspecified atom stereocenters. The first-order valence-electron chi connectivity index (χ1n) is 12.8. The summed E-state index contributed by atoms with van der Waals surface area (Å²) in [5.41, 5.74) is 4.41. The zero-order valence-electron chi connectivity index (χ0n) is 21.2. The van der Waals surface area contributed by atoms with E-state index in [0.29, 0.717) is 24.7 Å². The van der Waals surface area contributed by atoms with Gasteiger partial charge in [-0.3, -0.25) is 9.97 Å². The van der Waals surface area contributed by atoms with Crippen molar-refractivity contribution in [1.29, 1.82) is 0 Å². The third-order valence-electron chi connectivity index (χ3n) is 7.18. The van der Waals surface area contributed by atoms with E-state index in [0.717, 1.165) is 68.0 Å². The molecule has 2 fully saturated rings. The van der Waals surface area contributed by atoms with E-state index in [2.05, 4.69) is 36.1 Å². The number of pyridine rings is 3. The third kappa shape index (κ3) is 4.79. The molecule has 0 spiro atoms. The van der Waals surface area contributed by atoms with Crippen LogP contribution in [0, 0.1) is 18.6 Å². The molecule has 2 saturated heterocycles. The van der Waals surface area contributed by atoms with Crippen molar-refractivity contribution in [3.05, 3.63) is 72.3 Å². The van der Waals surface area contributed by atoms with Crippen LogP contribution >= 0.6 is 0 Å². The molecule has 1 N–H and O–H groups in total. The van der Waals surface area contributed by atoms with Crippen LogP contribution < -0.4 is 20.0 Å². The van der Waals surface area contributed by atoms with Crippen LogP contribution in [-0.2, 0) is 4.74 Å². The minimum Gasteiger partial charge on any atom is -0.378 e. The van der Waals surface area contributed by atoms with Crippen molar-refractivity contribution in [2.45, 2.75) is 6.92 Å². The van der Waals surface area contributed by atoms with Crippen LogP contribution in [0.3, 0.4) is 0 Å². The van der Waals surface area contributed by atoms with Gasteiger partial charge in [-0.05, 0) is 25.1 Å². The van der Waals surface area contributed by atoms with Crippen LogP contribution in [0.1, 0.15) is 5.56 Å². The van der Waals surface area contributed by atoms with Crippen molar-refractivity contribution in [3.8, 4) is 0 Å². The van der Waals surface area contributed by atoms with Crippen LogP contribution in [0.4, 0.5) is 37.3 Å². The van der Waals surface area contributed by atoms with Crippen LogP contribution in [-0.4, -0.2) is 67.4 Å². The van der Waals surface area contributed by atoms with E-state index in [1.54, 1.807) is 12.4 Å². The van der Waals surface area contributed by atoms with Gasteiger partial charge in [-0.2, -0.15) is 0 Å². The van der Waals surface area contributed by atoms with Gasteiger partial charge in [0.1, 0.15) is 17.5 Å². The Hall–Kier alpha value is -4.05. The standard InChI is InChI=1S/C28H29F2N7O/c1-19-27(33-21-15-23(18-32-16-21)36-9-11-38-12-10-36)26-24(30)13-20(29)14-25(26)34-28(19)37-7-5-35(6-8-37)22-3-2-4-31-17-22/h2-4,13-18H,5-12H2,1H3,(H,33,34). The number of halogens is 2. The van der Waals surface area contributed by atoms with Crippen molar-refractivity contribution in [3.63, 3.8) is 0 Å². The van der Waals surface area contributed by atoms with E-state index in [9.17, 15) is 4.39 Å². The number of anilines is 5. The number of fused-ring (bicyclic) bond motifs is 1. The Morgan fingerprint density at radius 3 is 2.34 bits per heavy atom. The second kappa shape index (κ2) is 10.4. The predicted octanol–water partition coefficient (Wildman–Crippen LogP) is 4.52. The summed E-state index contributed by atoms with van der Waals surface area (Å²) >= 11 is 0. The summed E-state index contributed by atoms with van der Waals surface area (Å²) in [6.45, 7) is 7.85. The lowest BCUT2D eigenvalue weighted by Gasteiger charge is -2.37. The molecule has 8 nitrogen and oxygen atoms in total. The minimum atomic E-state index is -0.652. The highest BCUT2D eigenvalue weighted by molar-refractivity contribution is 5.97. The third-order valence-corrected chi connectivity index (χ3v) is 7.18. The maximum atomic E-state index is 15.2. The molecular formula is C28H29F2N7O. The molecule has 0 amide bonds. The minimum absolute atomic E-state index is 0.262. The molecule has 0 bridgehead atoms. The van der Waals surface area contributed by atoms with E-state index >= 15 is 4.39 Å². The Morgan fingerprint density at radius 1 is 0.842 bits per heavy atom. The number of nitrogens with one attached hydrogen (secondary N) is 1. The molecule has 1 aromatic carbocycles. The second-order valence-electron chi connectivity index (χ2n) is 9.56. The number of aromatic nitrogens is 3. The Balaban J connectivity index is 1.34. The molecule has 2 aliphatic heterocycles. The highest BCUT2D eigenvalue weighted by Crippen LogP contribution is 2.37. The van der Waals surface area contributed by atoms with Gasteiger partial charge in [0.05, 0.1) is 65.5 Å². The summed E-state index contributed by atoms with van der Waals surface area (Å²) in [5.74, 6) is -0.586. The number of rotatable bonds is 5. The van der Waals surface area contributed by atoms with Crippen molar-refractivity contribution in [1.82, 2.24) is 15.0 Å². The summed E-state index contributed by atoms with van der Waals surface area (Å²) < 4.78 is 34.9. The Morgan fingerprint density at radius 2 is 1.58 bits per heavy atom. The highest BCUT2D eigenvalue weighted by atomic mass is 19.1. The lowest BCUT2D eigenvalue weighted by Crippen LogP contribution is -2.47. The van der Waals surface area contributed by atoms with Gasteiger partial charge >= 0.3 is 0 Å². The number of piperazine rings is 1. The number of ether oxygens (including phenoxy) is 1. The zero-order valence-corrected chi connectivity index (χ0v) is 21.2. The van der Waals surface area contributed by atoms with Crippen molar-refractivity contribution < 1.29 is 13.5 Å². The number of benzene rings is 1. The molecule has 0 aliphatic carbocycles. The fourth-order valence-electron chi connectivity index (χ4n) is 5.21. The van der Waals surface area contributed by atoms with E-state index in [1.807, 2.05) is 31.5 Å². The molecule has 10 heteroatoms. The average Bonchev–Trinajstić information content (AvgIpc) is 2.95. The molecule has 196 valence electrons. The van der Waals surface area contributed by atoms with Crippen molar-refractivity contribution >= 4 is 39.5 Å². The monoisotopic (exact) mass is 517 g/mol. The molecular weight excluding hydrogens is 488 g/mol. The summed E-state index contributed by atoms with van der Waals surface area (Å²) in [4.78, 5) is 20.1. The Bertz CT molecular complexity index is 1440. The molecule has 3 aromatic heterocycles. The number of nitrogens with zero attached hydrogens (tertiary/aromatic N) is 6. The lowest BCUT2D eigenvalue weighted by atomic mass is 10.1. The molecule has 5 heterocycles. The molecule has 0 saturated carbocycles. The summed E-state index contributed by atoms with van der Waals surface area (Å²) in [6, 6.07) is 8.18. The largest absolute Gasteiger partial charge is 0.378 e. The van der Waals surface area contributed by atoms with E-state index in [-0.39, 0.29) is 10.9 Å². The molecule has 0 atom stereocenters.